The Balaban J connectivity index is 1.97. The maximum atomic E-state index is 3.05. The van der Waals surface area contributed by atoms with Crippen molar-refractivity contribution >= 4 is 20.1 Å². The first-order valence-electron chi connectivity index (χ1n) is 1.00. The van der Waals surface area contributed by atoms with Crippen LogP contribution in [0.15, 0.2) is 0 Å². The molecule has 0 unspecified atom stereocenters. The van der Waals surface area contributed by atoms with Crippen molar-refractivity contribution in [1.82, 2.24) is 4.65 Å². The van der Waals surface area contributed by atoms with E-state index in [1.807, 2.05) is 6.55 Å². The van der Waals surface area contributed by atoms with Gasteiger partial charge in [0.2, 0.25) is 0 Å². The van der Waals surface area contributed by atoms with Crippen LogP contribution in [0.4, 0.5) is 0 Å². The summed E-state index contributed by atoms with van der Waals surface area (Å²) in [5, 5.41) is 0. The minimum atomic E-state index is 0.804. The molecule has 0 aliphatic heterocycles. The molecule has 21 valence electrons. The Labute approximate surface area is 32.2 Å². The number of nitrogens with one attached hydrogen (secondary N) is 1. The second-order valence-corrected chi connectivity index (χ2v) is 1.88. The zero-order valence-corrected chi connectivity index (χ0v) is 4.50. The maximum Gasteiger partial charge on any atom is 0.132 e. The molecule has 0 spiro atoms. The fraction of sp³-hybridized carbons (Fsp3) is 1.00. The van der Waals surface area contributed by atoms with E-state index in [4.69, 9.17) is 0 Å². The summed E-state index contributed by atoms with van der Waals surface area (Å²) in [5.74, 6) is 0. The van der Waals surface area contributed by atoms with Crippen molar-refractivity contribution in [2.24, 2.45) is 0 Å². The van der Waals surface area contributed by atoms with E-state index in [9.17, 15) is 0 Å². The molecule has 0 heterocycles. The topological polar surface area (TPSA) is 12.0 Å². The van der Waals surface area contributed by atoms with E-state index in [0.717, 1.165) is 9.68 Å². The zero-order valence-electron chi connectivity index (χ0n) is 2.50. The van der Waals surface area contributed by atoms with Gasteiger partial charge in [0.15, 0.2) is 0 Å². The van der Waals surface area contributed by atoms with Crippen molar-refractivity contribution in [3.8, 4) is 0 Å². The van der Waals surface area contributed by atoms with E-state index in [0.29, 0.717) is 0 Å². The molecule has 0 rings (SSSR count). The summed E-state index contributed by atoms with van der Waals surface area (Å²) in [6.07, 6.45) is 0. The van der Waals surface area contributed by atoms with Crippen LogP contribution in [-0.4, -0.2) is 20.1 Å². The van der Waals surface area contributed by atoms with Gasteiger partial charge in [-0.25, -0.2) is 0 Å². The molecule has 0 aromatic heterocycles. The predicted molar refractivity (Wildman–Crippen MR) is 20.5 cm³/mol. The Morgan fingerprint density at radius 3 is 2.25 bits per heavy atom. The molecule has 0 aliphatic rings. The van der Waals surface area contributed by atoms with Gasteiger partial charge in [0.1, 0.15) is 20.1 Å². The molecule has 5 radical (unpaired) electrons. The summed E-state index contributed by atoms with van der Waals surface area (Å²) < 4.78 is 2.76. The van der Waals surface area contributed by atoms with Crippen LogP contribution in [0.25, 0.3) is 0 Å². The highest BCUT2D eigenvalue weighted by atomic mass is 28.3. The molecule has 0 aliphatic carbocycles. The van der Waals surface area contributed by atoms with Crippen LogP contribution >= 0.6 is 0 Å². The highest BCUT2D eigenvalue weighted by Crippen LogP contribution is 1.28. The Kier molecular flexibility index (Phi) is 3.73. The van der Waals surface area contributed by atoms with E-state index in [-0.39, 0.29) is 0 Å². The molecule has 0 saturated carbocycles. The predicted octanol–water partition coefficient (Wildman–Crippen LogP) is -0.673. The van der Waals surface area contributed by atoms with Crippen LogP contribution in [0, 0.1) is 0 Å². The lowest BCUT2D eigenvalue weighted by Gasteiger charge is -1.71. The molecule has 4 heavy (non-hydrogen) atoms. The molecule has 0 fully saturated rings. The minimum absolute atomic E-state index is 0.804. The lowest BCUT2D eigenvalue weighted by molar-refractivity contribution is 1.62. The van der Waals surface area contributed by atoms with Gasteiger partial charge in [-0.15, -0.1) is 0 Å². The van der Waals surface area contributed by atoms with E-state index in [2.05, 4.69) is 15.1 Å². The molecule has 0 aromatic carbocycles. The summed E-state index contributed by atoms with van der Waals surface area (Å²) in [7, 11) is 3.85. The van der Waals surface area contributed by atoms with Gasteiger partial charge in [-0.1, -0.05) is 6.55 Å². The molecule has 0 saturated heterocycles. The van der Waals surface area contributed by atoms with Crippen molar-refractivity contribution in [3.63, 3.8) is 0 Å². The maximum absolute atomic E-state index is 3.05. The Morgan fingerprint density at radius 1 is 2.00 bits per heavy atom. The molecule has 1 nitrogen and oxygen atoms in total. The van der Waals surface area contributed by atoms with Gasteiger partial charge in [0.05, 0.1) is 0 Å². The van der Waals surface area contributed by atoms with Crippen LogP contribution < -0.4 is 4.65 Å². The lowest BCUT2D eigenvalue weighted by Crippen LogP contribution is -2.08. The molecule has 0 atom stereocenters. The van der Waals surface area contributed by atoms with E-state index in [1.165, 1.54) is 0 Å². The summed E-state index contributed by atoms with van der Waals surface area (Å²) >= 11 is 0. The van der Waals surface area contributed by atoms with Gasteiger partial charge in [-0.2, -0.15) is 0 Å². The number of hydrogen-bond donors (Lipinski definition) is 1. The summed E-state index contributed by atoms with van der Waals surface area (Å²) in [6, 6.07) is 0. The molecular formula is CH4NSi2. The van der Waals surface area contributed by atoms with Crippen molar-refractivity contribution in [3.05, 3.63) is 0 Å². The Morgan fingerprint density at radius 2 is 2.25 bits per heavy atom. The number of rotatable bonds is 1. The smallest absolute Gasteiger partial charge is 0.132 e. The molecule has 0 amide bonds. The lowest BCUT2D eigenvalue weighted by atomic mass is 11.9. The van der Waals surface area contributed by atoms with Crippen LogP contribution in [0.2, 0.25) is 6.55 Å². The fourth-order valence-electron chi connectivity index (χ4n) is 0. The second kappa shape index (κ2) is 3.39. The monoisotopic (exact) mass is 86.0 g/mol. The Bertz CT molecular complexity index is 8.00. The average Bonchev–Trinajstić information content (AvgIpc) is 1.37. The minimum Gasteiger partial charge on any atom is -0.365 e. The first-order chi connectivity index (χ1) is 1.91. The largest absolute Gasteiger partial charge is 0.365 e. The number of hydrogen-bond acceptors (Lipinski definition) is 1. The third-order valence-corrected chi connectivity index (χ3v) is 1.12. The average molecular weight is 86.2 g/mol. The van der Waals surface area contributed by atoms with Gasteiger partial charge < -0.3 is 4.65 Å². The standard InChI is InChI=1S/CH4NSi2/c1-4-2-3/h2H,1H3. The molecular weight excluding hydrogens is 82.2 g/mol. The van der Waals surface area contributed by atoms with Gasteiger partial charge in [-0.3, -0.25) is 0 Å². The van der Waals surface area contributed by atoms with Crippen molar-refractivity contribution in [2.45, 2.75) is 6.55 Å². The van der Waals surface area contributed by atoms with Gasteiger partial charge in [0.25, 0.3) is 0 Å². The summed E-state index contributed by atoms with van der Waals surface area (Å²) in [4.78, 5) is 0. The van der Waals surface area contributed by atoms with Crippen LogP contribution in [0.3, 0.4) is 0 Å². The normalized spacial score (nSPS) is 7.50. The first kappa shape index (κ1) is 4.39. The summed E-state index contributed by atoms with van der Waals surface area (Å²) in [6.45, 7) is 2.05. The van der Waals surface area contributed by atoms with Crippen LogP contribution in [-0.2, 0) is 0 Å². The molecule has 0 bridgehead atoms. The Hall–Kier alpha value is 0.394. The second-order valence-electron chi connectivity index (χ2n) is 0.375. The van der Waals surface area contributed by atoms with E-state index >= 15 is 0 Å². The summed E-state index contributed by atoms with van der Waals surface area (Å²) in [5.41, 5.74) is 0. The first-order valence-corrected chi connectivity index (χ1v) is 3.00. The molecule has 1 N–H and O–H groups in total. The van der Waals surface area contributed by atoms with E-state index in [1.54, 1.807) is 0 Å². The highest BCUT2D eigenvalue weighted by molar-refractivity contribution is 6.40. The quantitative estimate of drug-likeness (QED) is 0.417. The molecule has 0 aromatic rings. The van der Waals surface area contributed by atoms with E-state index < -0.39 is 0 Å². The van der Waals surface area contributed by atoms with Crippen LogP contribution in [0.5, 0.6) is 0 Å². The third kappa shape index (κ3) is 2.39. The molecule has 3 heteroatoms. The highest BCUT2D eigenvalue weighted by Gasteiger charge is 1.56. The van der Waals surface area contributed by atoms with Crippen molar-refractivity contribution in [1.29, 1.82) is 0 Å². The van der Waals surface area contributed by atoms with Crippen molar-refractivity contribution < 1.29 is 0 Å². The van der Waals surface area contributed by atoms with Gasteiger partial charge in [0, 0.05) is 0 Å². The third-order valence-electron chi connectivity index (χ3n) is 0.125. The van der Waals surface area contributed by atoms with Gasteiger partial charge >= 0.3 is 0 Å². The fourth-order valence-corrected chi connectivity index (χ4v) is 0. The zero-order chi connectivity index (χ0) is 3.41. The van der Waals surface area contributed by atoms with Crippen LogP contribution in [0.1, 0.15) is 0 Å². The van der Waals surface area contributed by atoms with Gasteiger partial charge in [-0.05, 0) is 0 Å². The SMILES string of the molecule is C[Si]N[Si]. The van der Waals surface area contributed by atoms with Crippen molar-refractivity contribution in [2.75, 3.05) is 0 Å².